The van der Waals surface area contributed by atoms with Crippen molar-refractivity contribution >= 4 is 5.91 Å². The van der Waals surface area contributed by atoms with E-state index in [-0.39, 0.29) is 11.9 Å². The number of hydrogen-bond donors (Lipinski definition) is 2. The number of aromatic nitrogens is 6. The Balaban J connectivity index is 1.65. The highest BCUT2D eigenvalue weighted by Crippen LogP contribution is 2.14. The Morgan fingerprint density at radius 3 is 2.74 bits per heavy atom. The molecule has 1 aromatic carbocycles. The molecule has 2 heterocycles. The van der Waals surface area contributed by atoms with Gasteiger partial charge in [0.25, 0.3) is 5.91 Å². The maximum atomic E-state index is 12.2. The molecule has 3 rings (SSSR count). The fourth-order valence-electron chi connectivity index (χ4n) is 2.21. The first kappa shape index (κ1) is 14.9. The van der Waals surface area contributed by atoms with Gasteiger partial charge in [-0.05, 0) is 26.0 Å². The fraction of sp³-hybridized carbons (Fsp3) is 0.267. The van der Waals surface area contributed by atoms with Crippen LogP contribution in [0.3, 0.4) is 0 Å². The van der Waals surface area contributed by atoms with E-state index in [2.05, 4.69) is 30.7 Å². The van der Waals surface area contributed by atoms with Gasteiger partial charge in [0.15, 0.2) is 11.6 Å². The van der Waals surface area contributed by atoms with Crippen molar-refractivity contribution in [3.05, 3.63) is 48.3 Å². The Kier molecular flexibility index (Phi) is 4.13. The van der Waals surface area contributed by atoms with E-state index < -0.39 is 0 Å². The summed E-state index contributed by atoms with van der Waals surface area (Å²) in [6.07, 6.45) is 3.11. The molecule has 8 nitrogen and oxygen atoms in total. The van der Waals surface area contributed by atoms with Crippen LogP contribution in [0.2, 0.25) is 0 Å². The lowest BCUT2D eigenvalue weighted by atomic mass is 10.1. The normalized spacial score (nSPS) is 10.9. The van der Waals surface area contributed by atoms with Gasteiger partial charge in [0.1, 0.15) is 12.7 Å². The van der Waals surface area contributed by atoms with Crippen molar-refractivity contribution in [1.29, 1.82) is 0 Å². The predicted molar refractivity (Wildman–Crippen MR) is 83.4 cm³/mol. The molecule has 0 aliphatic heterocycles. The van der Waals surface area contributed by atoms with E-state index in [0.717, 1.165) is 11.4 Å². The number of nitrogens with one attached hydrogen (secondary N) is 2. The van der Waals surface area contributed by atoms with Gasteiger partial charge in [0.2, 0.25) is 0 Å². The number of aromatic amines is 1. The molecular weight excluding hydrogens is 294 g/mol. The topological polar surface area (TPSA) is 101 Å². The Morgan fingerprint density at radius 1 is 1.30 bits per heavy atom. The minimum Gasteiger partial charge on any atom is -0.345 e. The van der Waals surface area contributed by atoms with Crippen molar-refractivity contribution in [3.63, 3.8) is 0 Å². The smallest absolute Gasteiger partial charge is 0.251 e. The van der Waals surface area contributed by atoms with Crippen molar-refractivity contribution in [1.82, 2.24) is 35.3 Å². The van der Waals surface area contributed by atoms with E-state index in [0.29, 0.717) is 17.9 Å². The van der Waals surface area contributed by atoms with E-state index >= 15 is 0 Å². The van der Waals surface area contributed by atoms with Crippen molar-refractivity contribution in [3.8, 4) is 11.4 Å². The number of benzene rings is 1. The van der Waals surface area contributed by atoms with Gasteiger partial charge in [-0.15, -0.1) is 10.2 Å². The molecule has 0 atom stereocenters. The molecule has 118 valence electrons. The van der Waals surface area contributed by atoms with E-state index in [1.807, 2.05) is 30.5 Å². The van der Waals surface area contributed by atoms with Crippen molar-refractivity contribution in [2.75, 3.05) is 0 Å². The average molecular weight is 311 g/mol. The lowest BCUT2D eigenvalue weighted by molar-refractivity contribution is 0.0949. The second-order valence-electron chi connectivity index (χ2n) is 5.34. The summed E-state index contributed by atoms with van der Waals surface area (Å²) in [6.45, 7) is 4.41. The summed E-state index contributed by atoms with van der Waals surface area (Å²) < 4.78 is 1.92. The fourth-order valence-corrected chi connectivity index (χ4v) is 2.21. The minimum atomic E-state index is -0.160. The standard InChI is InChI=1S/C15H17N7O/c1-10(2)22-9-19-20-13(22)7-16-15(23)12-5-3-11(4-6-12)14-17-8-18-21-14/h3-6,8-10H,7H2,1-2H3,(H,16,23)(H,17,18,21). The third-order valence-electron chi connectivity index (χ3n) is 3.45. The van der Waals surface area contributed by atoms with Crippen LogP contribution in [0.1, 0.15) is 36.1 Å². The Morgan fingerprint density at radius 2 is 2.09 bits per heavy atom. The van der Waals surface area contributed by atoms with E-state index in [9.17, 15) is 4.79 Å². The largest absolute Gasteiger partial charge is 0.345 e. The predicted octanol–water partition coefficient (Wildman–Crippen LogP) is 1.57. The third-order valence-corrected chi connectivity index (χ3v) is 3.45. The summed E-state index contributed by atoms with van der Waals surface area (Å²) in [5.74, 6) is 1.24. The average Bonchev–Trinajstić information content (AvgIpc) is 3.24. The highest BCUT2D eigenvalue weighted by Gasteiger charge is 2.11. The lowest BCUT2D eigenvalue weighted by Gasteiger charge is -2.10. The first-order chi connectivity index (χ1) is 11.1. The lowest BCUT2D eigenvalue weighted by Crippen LogP contribution is -2.25. The quantitative estimate of drug-likeness (QED) is 0.745. The number of carbonyl (C=O) groups is 1. The Hall–Kier alpha value is -3.03. The second-order valence-corrected chi connectivity index (χ2v) is 5.34. The zero-order chi connectivity index (χ0) is 16.2. The van der Waals surface area contributed by atoms with Gasteiger partial charge in [0, 0.05) is 17.2 Å². The van der Waals surface area contributed by atoms with Crippen LogP contribution in [0.25, 0.3) is 11.4 Å². The van der Waals surface area contributed by atoms with Crippen molar-refractivity contribution in [2.45, 2.75) is 26.4 Å². The van der Waals surface area contributed by atoms with Crippen LogP contribution in [0.15, 0.2) is 36.9 Å². The van der Waals surface area contributed by atoms with E-state index in [1.165, 1.54) is 6.33 Å². The molecule has 1 amide bonds. The van der Waals surface area contributed by atoms with Crippen LogP contribution in [0.5, 0.6) is 0 Å². The Bertz CT molecular complexity index is 775. The zero-order valence-electron chi connectivity index (χ0n) is 12.9. The highest BCUT2D eigenvalue weighted by atomic mass is 16.1. The highest BCUT2D eigenvalue weighted by molar-refractivity contribution is 5.94. The molecule has 0 bridgehead atoms. The van der Waals surface area contributed by atoms with E-state index in [4.69, 9.17) is 0 Å². The number of amides is 1. The van der Waals surface area contributed by atoms with Crippen molar-refractivity contribution < 1.29 is 4.79 Å². The van der Waals surface area contributed by atoms with Crippen LogP contribution in [-0.4, -0.2) is 35.9 Å². The van der Waals surface area contributed by atoms with Gasteiger partial charge in [-0.2, -0.15) is 5.10 Å². The summed E-state index contributed by atoms with van der Waals surface area (Å²) in [5.41, 5.74) is 1.45. The number of hydrogen-bond acceptors (Lipinski definition) is 5. The van der Waals surface area contributed by atoms with Crippen molar-refractivity contribution in [2.24, 2.45) is 0 Å². The van der Waals surface area contributed by atoms with E-state index in [1.54, 1.807) is 18.5 Å². The molecule has 0 aliphatic rings. The first-order valence-electron chi connectivity index (χ1n) is 7.27. The molecule has 23 heavy (non-hydrogen) atoms. The number of rotatable bonds is 5. The van der Waals surface area contributed by atoms with Gasteiger partial charge >= 0.3 is 0 Å². The number of H-pyrrole nitrogens is 1. The van der Waals surface area contributed by atoms with Gasteiger partial charge < -0.3 is 9.88 Å². The van der Waals surface area contributed by atoms with Crippen LogP contribution in [0.4, 0.5) is 0 Å². The molecule has 0 fully saturated rings. The van der Waals surface area contributed by atoms with Gasteiger partial charge in [-0.25, -0.2) is 4.98 Å². The summed E-state index contributed by atoms with van der Waals surface area (Å²) in [4.78, 5) is 16.3. The molecule has 0 radical (unpaired) electrons. The molecule has 2 N–H and O–H groups in total. The second kappa shape index (κ2) is 6.39. The van der Waals surface area contributed by atoms with Crippen LogP contribution in [0, 0.1) is 0 Å². The summed E-state index contributed by atoms with van der Waals surface area (Å²) in [7, 11) is 0. The molecule has 0 saturated carbocycles. The van der Waals surface area contributed by atoms with Gasteiger partial charge in [0.05, 0.1) is 6.54 Å². The maximum Gasteiger partial charge on any atom is 0.251 e. The summed E-state index contributed by atoms with van der Waals surface area (Å²) >= 11 is 0. The molecule has 3 aromatic rings. The third kappa shape index (κ3) is 3.25. The van der Waals surface area contributed by atoms with Crippen LogP contribution >= 0.6 is 0 Å². The van der Waals surface area contributed by atoms with Crippen LogP contribution in [-0.2, 0) is 6.54 Å². The SMILES string of the molecule is CC(C)n1cnnc1CNC(=O)c1ccc(-c2ncn[nH]2)cc1. The minimum absolute atomic E-state index is 0.160. The zero-order valence-corrected chi connectivity index (χ0v) is 12.9. The molecule has 0 unspecified atom stereocenters. The monoisotopic (exact) mass is 311 g/mol. The molecule has 8 heteroatoms. The molecule has 2 aromatic heterocycles. The number of carbonyl (C=O) groups excluding carboxylic acids is 1. The number of nitrogens with zero attached hydrogens (tertiary/aromatic N) is 5. The molecule has 0 spiro atoms. The van der Waals surface area contributed by atoms with Crippen LogP contribution < -0.4 is 5.32 Å². The summed E-state index contributed by atoms with van der Waals surface area (Å²) in [5, 5.41) is 17.4. The summed E-state index contributed by atoms with van der Waals surface area (Å²) in [6, 6.07) is 7.40. The molecule has 0 saturated heterocycles. The Labute approximate surface area is 133 Å². The molecular formula is C15H17N7O. The molecule has 0 aliphatic carbocycles. The first-order valence-corrected chi connectivity index (χ1v) is 7.27. The van der Waals surface area contributed by atoms with Gasteiger partial charge in [-0.1, -0.05) is 12.1 Å². The van der Waals surface area contributed by atoms with Gasteiger partial charge in [-0.3, -0.25) is 9.89 Å². The maximum absolute atomic E-state index is 12.2.